The Labute approximate surface area is 129 Å². The minimum Gasteiger partial charge on any atom is -0.481 e. The molecule has 4 nitrogen and oxygen atoms in total. The standard InChI is InChI=1S/C16H19ClN2O2/c1-11-4-6-16(7-5-11,15(20)21)10-19-13-3-2-12(9-18)14(17)8-13/h2-3,8,11,19H,4-7,10H2,1H3,(H,20,21). The van der Waals surface area contributed by atoms with Crippen molar-refractivity contribution < 1.29 is 9.90 Å². The van der Waals surface area contributed by atoms with Crippen LogP contribution in [0.25, 0.3) is 0 Å². The largest absolute Gasteiger partial charge is 0.481 e. The van der Waals surface area contributed by atoms with Crippen molar-refractivity contribution in [3.8, 4) is 6.07 Å². The van der Waals surface area contributed by atoms with Crippen LogP contribution in [-0.4, -0.2) is 17.6 Å². The molecular formula is C16H19ClN2O2. The van der Waals surface area contributed by atoms with Crippen molar-refractivity contribution in [3.63, 3.8) is 0 Å². The molecular weight excluding hydrogens is 288 g/mol. The topological polar surface area (TPSA) is 73.1 Å². The molecule has 1 aromatic rings. The van der Waals surface area contributed by atoms with Gasteiger partial charge >= 0.3 is 5.97 Å². The number of hydrogen-bond acceptors (Lipinski definition) is 3. The van der Waals surface area contributed by atoms with Crippen molar-refractivity contribution in [2.75, 3.05) is 11.9 Å². The Morgan fingerprint density at radius 3 is 2.71 bits per heavy atom. The number of rotatable bonds is 4. The Morgan fingerprint density at radius 2 is 2.19 bits per heavy atom. The average molecular weight is 307 g/mol. The minimum atomic E-state index is -0.735. The van der Waals surface area contributed by atoms with Crippen LogP contribution in [0.2, 0.25) is 5.02 Å². The van der Waals surface area contributed by atoms with E-state index in [4.69, 9.17) is 16.9 Å². The maximum atomic E-state index is 11.7. The normalized spacial score (nSPS) is 25.1. The lowest BCUT2D eigenvalue weighted by molar-refractivity contribution is -0.150. The van der Waals surface area contributed by atoms with Crippen LogP contribution in [0.1, 0.15) is 38.2 Å². The number of carboxylic acid groups (broad SMARTS) is 1. The molecule has 112 valence electrons. The second-order valence-corrected chi connectivity index (χ2v) is 6.34. The molecule has 1 fully saturated rings. The highest BCUT2D eigenvalue weighted by molar-refractivity contribution is 6.32. The van der Waals surface area contributed by atoms with E-state index in [-0.39, 0.29) is 0 Å². The predicted octanol–water partition coefficient (Wildman–Crippen LogP) is 3.90. The SMILES string of the molecule is CC1CCC(CNc2ccc(C#N)c(Cl)c2)(C(=O)O)CC1. The zero-order chi connectivity index (χ0) is 15.5. The van der Waals surface area contributed by atoms with Gasteiger partial charge in [0.1, 0.15) is 6.07 Å². The Kier molecular flexibility index (Phi) is 4.74. The fourth-order valence-corrected chi connectivity index (χ4v) is 2.99. The van der Waals surface area contributed by atoms with Crippen LogP contribution in [-0.2, 0) is 4.79 Å². The first-order valence-corrected chi connectivity index (χ1v) is 7.51. The van der Waals surface area contributed by atoms with Crippen LogP contribution in [0.5, 0.6) is 0 Å². The molecule has 0 atom stereocenters. The van der Waals surface area contributed by atoms with Crippen LogP contribution in [0, 0.1) is 22.7 Å². The number of hydrogen-bond donors (Lipinski definition) is 2. The highest BCUT2D eigenvalue weighted by atomic mass is 35.5. The number of anilines is 1. The summed E-state index contributed by atoms with van der Waals surface area (Å²) in [5.74, 6) is -0.136. The third-order valence-corrected chi connectivity index (χ3v) is 4.72. The quantitative estimate of drug-likeness (QED) is 0.884. The Balaban J connectivity index is 2.08. The van der Waals surface area contributed by atoms with Gasteiger partial charge in [0, 0.05) is 12.2 Å². The zero-order valence-corrected chi connectivity index (χ0v) is 12.8. The molecule has 21 heavy (non-hydrogen) atoms. The first-order valence-electron chi connectivity index (χ1n) is 7.14. The van der Waals surface area contributed by atoms with E-state index >= 15 is 0 Å². The molecule has 0 saturated heterocycles. The van der Waals surface area contributed by atoms with E-state index in [0.717, 1.165) is 18.5 Å². The van der Waals surface area contributed by atoms with Crippen molar-refractivity contribution in [1.29, 1.82) is 5.26 Å². The van der Waals surface area contributed by atoms with Crippen molar-refractivity contribution >= 4 is 23.3 Å². The Hall–Kier alpha value is -1.73. The molecule has 0 aliphatic heterocycles. The van der Waals surface area contributed by atoms with E-state index in [0.29, 0.717) is 35.9 Å². The van der Waals surface area contributed by atoms with Crippen LogP contribution >= 0.6 is 11.6 Å². The van der Waals surface area contributed by atoms with Gasteiger partial charge in [-0.1, -0.05) is 18.5 Å². The highest BCUT2D eigenvalue weighted by Gasteiger charge is 2.40. The summed E-state index contributed by atoms with van der Waals surface area (Å²) in [5.41, 5.74) is 0.465. The van der Waals surface area contributed by atoms with Gasteiger partial charge in [-0.25, -0.2) is 0 Å². The summed E-state index contributed by atoms with van der Waals surface area (Å²) in [5, 5.41) is 22.0. The lowest BCUT2D eigenvalue weighted by atomic mass is 9.71. The molecule has 2 N–H and O–H groups in total. The van der Waals surface area contributed by atoms with Gasteiger partial charge in [-0.2, -0.15) is 5.26 Å². The summed E-state index contributed by atoms with van der Waals surface area (Å²) in [7, 11) is 0. The zero-order valence-electron chi connectivity index (χ0n) is 12.0. The van der Waals surface area contributed by atoms with Crippen molar-refractivity contribution in [2.45, 2.75) is 32.6 Å². The van der Waals surface area contributed by atoms with Gasteiger partial charge < -0.3 is 10.4 Å². The number of nitriles is 1. The Morgan fingerprint density at radius 1 is 1.52 bits per heavy atom. The average Bonchev–Trinajstić information content (AvgIpc) is 2.47. The maximum absolute atomic E-state index is 11.7. The molecule has 2 rings (SSSR count). The van der Waals surface area contributed by atoms with Gasteiger partial charge in [-0.3, -0.25) is 4.79 Å². The number of nitrogens with one attached hydrogen (secondary N) is 1. The molecule has 0 amide bonds. The molecule has 0 aromatic heterocycles. The minimum absolute atomic E-state index is 0.379. The third kappa shape index (κ3) is 3.48. The number of aliphatic carboxylic acids is 1. The van der Waals surface area contributed by atoms with Gasteiger partial charge in [-0.05, 0) is 49.8 Å². The molecule has 1 saturated carbocycles. The number of benzene rings is 1. The summed E-state index contributed by atoms with van der Waals surface area (Å²) < 4.78 is 0. The maximum Gasteiger partial charge on any atom is 0.311 e. The van der Waals surface area contributed by atoms with E-state index in [2.05, 4.69) is 12.2 Å². The van der Waals surface area contributed by atoms with Crippen molar-refractivity contribution in [3.05, 3.63) is 28.8 Å². The van der Waals surface area contributed by atoms with Crippen LogP contribution in [0.3, 0.4) is 0 Å². The van der Waals surface area contributed by atoms with Crippen LogP contribution in [0.15, 0.2) is 18.2 Å². The fourth-order valence-electron chi connectivity index (χ4n) is 2.77. The van der Waals surface area contributed by atoms with Crippen molar-refractivity contribution in [2.24, 2.45) is 11.3 Å². The second-order valence-electron chi connectivity index (χ2n) is 5.93. The lowest BCUT2D eigenvalue weighted by Gasteiger charge is -2.36. The van der Waals surface area contributed by atoms with Crippen LogP contribution in [0.4, 0.5) is 5.69 Å². The number of carboxylic acids is 1. The fraction of sp³-hybridized carbons (Fsp3) is 0.500. The third-order valence-electron chi connectivity index (χ3n) is 4.41. The molecule has 1 aliphatic rings. The van der Waals surface area contributed by atoms with Crippen molar-refractivity contribution in [1.82, 2.24) is 0 Å². The smallest absolute Gasteiger partial charge is 0.311 e. The molecule has 5 heteroatoms. The number of carbonyl (C=O) groups is 1. The van der Waals surface area contributed by atoms with Gasteiger partial charge in [0.25, 0.3) is 0 Å². The predicted molar refractivity (Wildman–Crippen MR) is 82.4 cm³/mol. The molecule has 0 unspecified atom stereocenters. The summed E-state index contributed by atoms with van der Waals surface area (Å²) >= 11 is 5.99. The van der Waals surface area contributed by atoms with E-state index < -0.39 is 11.4 Å². The molecule has 1 aliphatic carbocycles. The summed E-state index contributed by atoms with van der Waals surface area (Å²) in [6.07, 6.45) is 3.28. The first-order chi connectivity index (χ1) is 9.97. The summed E-state index contributed by atoms with van der Waals surface area (Å²) in [6, 6.07) is 7.07. The van der Waals surface area contributed by atoms with E-state index in [1.54, 1.807) is 18.2 Å². The first kappa shape index (κ1) is 15.7. The molecule has 0 bridgehead atoms. The van der Waals surface area contributed by atoms with Crippen LogP contribution < -0.4 is 5.32 Å². The Bertz CT molecular complexity index is 572. The van der Waals surface area contributed by atoms with E-state index in [1.807, 2.05) is 6.07 Å². The lowest BCUT2D eigenvalue weighted by Crippen LogP contribution is -2.41. The van der Waals surface area contributed by atoms with E-state index in [1.165, 1.54) is 0 Å². The van der Waals surface area contributed by atoms with E-state index in [9.17, 15) is 9.90 Å². The molecule has 0 radical (unpaired) electrons. The second kappa shape index (κ2) is 6.36. The van der Waals surface area contributed by atoms with Gasteiger partial charge in [0.2, 0.25) is 0 Å². The molecule has 0 heterocycles. The number of halogens is 1. The van der Waals surface area contributed by atoms with Gasteiger partial charge in [-0.15, -0.1) is 0 Å². The summed E-state index contributed by atoms with van der Waals surface area (Å²) in [6.45, 7) is 2.55. The molecule has 0 spiro atoms. The molecule has 1 aromatic carbocycles. The van der Waals surface area contributed by atoms with Gasteiger partial charge in [0.15, 0.2) is 0 Å². The highest BCUT2D eigenvalue weighted by Crippen LogP contribution is 2.39. The monoisotopic (exact) mass is 306 g/mol. The van der Waals surface area contributed by atoms with Gasteiger partial charge in [0.05, 0.1) is 16.0 Å². The number of nitrogens with zero attached hydrogens (tertiary/aromatic N) is 1. The summed E-state index contributed by atoms with van der Waals surface area (Å²) in [4.78, 5) is 11.7.